The zero-order valence-corrected chi connectivity index (χ0v) is 8.17. The maximum Gasteiger partial charge on any atom is 0.0594 e. The monoisotopic (exact) mass is 185 g/mol. The van der Waals surface area contributed by atoms with Gasteiger partial charge in [0.1, 0.15) is 0 Å². The highest BCUT2D eigenvalue weighted by Gasteiger charge is 2.41. The fourth-order valence-corrected chi connectivity index (χ4v) is 1.88. The van der Waals surface area contributed by atoms with E-state index in [9.17, 15) is 0 Å². The van der Waals surface area contributed by atoms with Crippen LogP contribution in [0.1, 0.15) is 19.3 Å². The fourth-order valence-electron chi connectivity index (χ4n) is 1.88. The molecule has 0 aromatic carbocycles. The minimum atomic E-state index is 0.318. The lowest BCUT2D eigenvalue weighted by molar-refractivity contribution is 0.0329. The van der Waals surface area contributed by atoms with Gasteiger partial charge >= 0.3 is 0 Å². The Bertz CT molecular complexity index is 162. The molecule has 3 nitrogen and oxygen atoms in total. The van der Waals surface area contributed by atoms with Crippen LogP contribution in [0.25, 0.3) is 0 Å². The van der Waals surface area contributed by atoms with Crippen molar-refractivity contribution in [2.24, 2.45) is 5.41 Å². The molecule has 2 rings (SSSR count). The molecular weight excluding hydrogens is 166 g/mol. The molecule has 0 atom stereocenters. The van der Waals surface area contributed by atoms with E-state index < -0.39 is 0 Å². The van der Waals surface area contributed by atoms with Crippen molar-refractivity contribution in [2.45, 2.75) is 19.3 Å². The van der Waals surface area contributed by atoms with Gasteiger partial charge < -0.3 is 9.84 Å². The van der Waals surface area contributed by atoms with Gasteiger partial charge in [-0.3, -0.25) is 4.90 Å². The predicted molar refractivity (Wildman–Crippen MR) is 50.6 cm³/mol. The second-order valence-corrected chi connectivity index (χ2v) is 4.36. The molecule has 1 saturated carbocycles. The highest BCUT2D eigenvalue weighted by Crippen LogP contribution is 2.48. The van der Waals surface area contributed by atoms with Gasteiger partial charge in [0.05, 0.1) is 13.2 Å². The van der Waals surface area contributed by atoms with Crippen molar-refractivity contribution in [3.8, 4) is 0 Å². The molecule has 0 radical (unpaired) electrons. The Morgan fingerprint density at radius 3 is 2.46 bits per heavy atom. The highest BCUT2D eigenvalue weighted by atomic mass is 16.5. The van der Waals surface area contributed by atoms with E-state index in [4.69, 9.17) is 9.84 Å². The summed E-state index contributed by atoms with van der Waals surface area (Å²) in [7, 11) is 0. The van der Waals surface area contributed by atoms with Gasteiger partial charge in [0.15, 0.2) is 0 Å². The van der Waals surface area contributed by atoms with Crippen molar-refractivity contribution in [3.05, 3.63) is 0 Å². The van der Waals surface area contributed by atoms with Gasteiger partial charge in [0, 0.05) is 19.7 Å². The van der Waals surface area contributed by atoms with E-state index in [1.807, 2.05) is 0 Å². The molecule has 2 aliphatic rings. The molecule has 1 aliphatic heterocycles. The SMILES string of the molecule is OCC1(CCN2CCOCC2)CC1. The summed E-state index contributed by atoms with van der Waals surface area (Å²) in [6.07, 6.45) is 3.63. The first-order chi connectivity index (χ1) is 6.35. The van der Waals surface area contributed by atoms with Crippen molar-refractivity contribution >= 4 is 0 Å². The Morgan fingerprint density at radius 1 is 1.23 bits per heavy atom. The van der Waals surface area contributed by atoms with Crippen LogP contribution in [0, 0.1) is 5.41 Å². The maximum absolute atomic E-state index is 9.14. The smallest absolute Gasteiger partial charge is 0.0594 e. The minimum absolute atomic E-state index is 0.318. The largest absolute Gasteiger partial charge is 0.396 e. The van der Waals surface area contributed by atoms with E-state index in [-0.39, 0.29) is 0 Å². The zero-order valence-electron chi connectivity index (χ0n) is 8.17. The van der Waals surface area contributed by atoms with Gasteiger partial charge in [-0.2, -0.15) is 0 Å². The molecule has 1 N–H and O–H groups in total. The third-order valence-electron chi connectivity index (χ3n) is 3.35. The third-order valence-corrected chi connectivity index (χ3v) is 3.35. The van der Waals surface area contributed by atoms with Gasteiger partial charge in [0.2, 0.25) is 0 Å². The molecule has 0 spiro atoms. The van der Waals surface area contributed by atoms with Gasteiger partial charge in [-0.1, -0.05) is 0 Å². The molecule has 76 valence electrons. The molecule has 0 unspecified atom stereocenters. The maximum atomic E-state index is 9.14. The van der Waals surface area contributed by atoms with Crippen LogP contribution in [0.15, 0.2) is 0 Å². The lowest BCUT2D eigenvalue weighted by Crippen LogP contribution is -2.37. The number of ether oxygens (including phenoxy) is 1. The molecule has 0 aromatic heterocycles. The quantitative estimate of drug-likeness (QED) is 0.691. The Kier molecular flexibility index (Phi) is 2.86. The summed E-state index contributed by atoms with van der Waals surface area (Å²) in [5, 5.41) is 9.14. The second-order valence-electron chi connectivity index (χ2n) is 4.36. The molecule has 0 bridgehead atoms. The van der Waals surface area contributed by atoms with Crippen molar-refractivity contribution in [1.82, 2.24) is 4.90 Å². The highest BCUT2D eigenvalue weighted by molar-refractivity contribution is 4.92. The summed E-state index contributed by atoms with van der Waals surface area (Å²) >= 11 is 0. The average molecular weight is 185 g/mol. The Labute approximate surface area is 79.7 Å². The van der Waals surface area contributed by atoms with Crippen LogP contribution in [0.2, 0.25) is 0 Å². The molecule has 1 heterocycles. The number of hydrogen-bond acceptors (Lipinski definition) is 3. The van der Waals surface area contributed by atoms with Gasteiger partial charge in [-0.05, 0) is 31.2 Å². The van der Waals surface area contributed by atoms with Crippen molar-refractivity contribution in [1.29, 1.82) is 0 Å². The number of aliphatic hydroxyl groups excluding tert-OH is 1. The molecule has 0 aromatic rings. The van der Waals surface area contributed by atoms with Crippen LogP contribution in [0.4, 0.5) is 0 Å². The summed E-state index contributed by atoms with van der Waals surface area (Å²) in [5.74, 6) is 0. The Morgan fingerprint density at radius 2 is 1.92 bits per heavy atom. The number of morpholine rings is 1. The predicted octanol–water partition coefficient (Wildman–Crippen LogP) is 0.481. The van der Waals surface area contributed by atoms with Crippen LogP contribution in [-0.4, -0.2) is 49.5 Å². The molecule has 0 amide bonds. The summed E-state index contributed by atoms with van der Waals surface area (Å²) < 4.78 is 5.28. The molecule has 13 heavy (non-hydrogen) atoms. The lowest BCUT2D eigenvalue weighted by Gasteiger charge is -2.27. The van der Waals surface area contributed by atoms with E-state index in [0.29, 0.717) is 12.0 Å². The number of rotatable bonds is 4. The summed E-state index contributed by atoms with van der Waals surface area (Å²) in [6.45, 7) is 5.43. The summed E-state index contributed by atoms with van der Waals surface area (Å²) in [4.78, 5) is 2.44. The first kappa shape index (κ1) is 9.44. The van der Waals surface area contributed by atoms with Crippen LogP contribution < -0.4 is 0 Å². The number of hydrogen-bond donors (Lipinski definition) is 1. The Balaban J connectivity index is 1.66. The van der Waals surface area contributed by atoms with E-state index in [1.165, 1.54) is 19.3 Å². The van der Waals surface area contributed by atoms with E-state index in [2.05, 4.69) is 4.90 Å². The van der Waals surface area contributed by atoms with Crippen molar-refractivity contribution in [2.75, 3.05) is 39.5 Å². The average Bonchev–Trinajstić information content (AvgIpc) is 2.97. The topological polar surface area (TPSA) is 32.7 Å². The van der Waals surface area contributed by atoms with Crippen LogP contribution >= 0.6 is 0 Å². The number of aliphatic hydroxyl groups is 1. The van der Waals surface area contributed by atoms with Crippen LogP contribution in [0.5, 0.6) is 0 Å². The molecule has 3 heteroatoms. The number of nitrogens with zero attached hydrogens (tertiary/aromatic N) is 1. The third kappa shape index (κ3) is 2.42. The second kappa shape index (κ2) is 3.95. The molecule has 1 saturated heterocycles. The standard InChI is InChI=1S/C10H19NO2/c12-9-10(1-2-10)3-4-11-5-7-13-8-6-11/h12H,1-9H2. The van der Waals surface area contributed by atoms with Crippen molar-refractivity contribution < 1.29 is 9.84 Å². The van der Waals surface area contributed by atoms with E-state index in [0.717, 1.165) is 32.8 Å². The fraction of sp³-hybridized carbons (Fsp3) is 1.00. The Hall–Kier alpha value is -0.120. The van der Waals surface area contributed by atoms with Crippen molar-refractivity contribution in [3.63, 3.8) is 0 Å². The van der Waals surface area contributed by atoms with Gasteiger partial charge in [0.25, 0.3) is 0 Å². The minimum Gasteiger partial charge on any atom is -0.396 e. The lowest BCUT2D eigenvalue weighted by atomic mass is 10.0. The van der Waals surface area contributed by atoms with Crippen LogP contribution in [-0.2, 0) is 4.74 Å². The molecule has 2 fully saturated rings. The zero-order chi connectivity index (χ0) is 9.15. The molecular formula is C10H19NO2. The van der Waals surface area contributed by atoms with E-state index in [1.54, 1.807) is 0 Å². The van der Waals surface area contributed by atoms with E-state index >= 15 is 0 Å². The molecule has 1 aliphatic carbocycles. The first-order valence-electron chi connectivity index (χ1n) is 5.26. The normalized spacial score (nSPS) is 27.5. The first-order valence-corrected chi connectivity index (χ1v) is 5.26. The van der Waals surface area contributed by atoms with Gasteiger partial charge in [-0.15, -0.1) is 0 Å². The van der Waals surface area contributed by atoms with Gasteiger partial charge in [-0.25, -0.2) is 0 Å². The van der Waals surface area contributed by atoms with Crippen LogP contribution in [0.3, 0.4) is 0 Å². The summed E-state index contributed by atoms with van der Waals surface area (Å²) in [5.41, 5.74) is 0.318. The summed E-state index contributed by atoms with van der Waals surface area (Å²) in [6, 6.07) is 0.